The van der Waals surface area contributed by atoms with Crippen molar-refractivity contribution in [1.82, 2.24) is 0 Å². The largest absolute Gasteiger partial charge is 0.339 e. The van der Waals surface area contributed by atoms with Crippen LogP contribution in [0.1, 0.15) is 39.5 Å². The molecule has 96 valence electrons. The molecule has 0 radical (unpaired) electrons. The summed E-state index contributed by atoms with van der Waals surface area (Å²) in [4.78, 5) is 3.24. The Balaban J connectivity index is 2.36. The zero-order valence-electron chi connectivity index (χ0n) is 11.0. The van der Waals surface area contributed by atoms with Crippen LogP contribution in [0.25, 0.3) is 4.85 Å². The minimum absolute atomic E-state index is 0.250. The second-order valence-corrected chi connectivity index (χ2v) is 5.44. The van der Waals surface area contributed by atoms with Gasteiger partial charge in [0.2, 0.25) is 0 Å². The second-order valence-electron chi connectivity index (χ2n) is 5.44. The second kappa shape index (κ2) is 4.04. The molecule has 1 aliphatic heterocycles. The first-order chi connectivity index (χ1) is 8.25. The molecule has 1 heterocycles. The summed E-state index contributed by atoms with van der Waals surface area (Å²) < 4.78 is 25.0. The van der Waals surface area contributed by atoms with Gasteiger partial charge < -0.3 is 9.47 Å². The Kier molecular flexibility index (Phi) is 2.92. The lowest BCUT2D eigenvalue weighted by atomic mass is 9.90. The topological polar surface area (TPSA) is 22.8 Å². The quantitative estimate of drug-likeness (QED) is 0.702. The van der Waals surface area contributed by atoms with E-state index in [1.54, 1.807) is 6.07 Å². The van der Waals surface area contributed by atoms with E-state index >= 15 is 0 Å². The Morgan fingerprint density at radius 3 is 2.17 bits per heavy atom. The third kappa shape index (κ3) is 2.12. The summed E-state index contributed by atoms with van der Waals surface area (Å²) in [7, 11) is 0. The molecule has 0 aromatic heterocycles. The number of rotatable bonds is 1. The van der Waals surface area contributed by atoms with Crippen LogP contribution in [0.15, 0.2) is 18.2 Å². The molecule has 0 unspecified atom stereocenters. The number of benzene rings is 1. The van der Waals surface area contributed by atoms with Crippen molar-refractivity contribution in [3.63, 3.8) is 0 Å². The van der Waals surface area contributed by atoms with E-state index in [1.165, 1.54) is 12.1 Å². The number of hydrogen-bond acceptors (Lipinski definition) is 2. The van der Waals surface area contributed by atoms with Gasteiger partial charge in [0.15, 0.2) is 12.0 Å². The molecule has 1 saturated heterocycles. The van der Waals surface area contributed by atoms with Crippen molar-refractivity contribution in [3.05, 3.63) is 41.0 Å². The molecule has 0 saturated carbocycles. The summed E-state index contributed by atoms with van der Waals surface area (Å²) >= 11 is 0. The van der Waals surface area contributed by atoms with Crippen LogP contribution >= 0.6 is 0 Å². The van der Waals surface area contributed by atoms with Crippen molar-refractivity contribution in [2.45, 2.75) is 45.2 Å². The molecule has 3 nitrogen and oxygen atoms in total. The third-order valence-corrected chi connectivity index (χ3v) is 3.56. The van der Waals surface area contributed by atoms with Gasteiger partial charge in [-0.3, -0.25) is 0 Å². The molecule has 18 heavy (non-hydrogen) atoms. The number of halogens is 1. The van der Waals surface area contributed by atoms with Crippen molar-refractivity contribution in [2.75, 3.05) is 0 Å². The fourth-order valence-electron chi connectivity index (χ4n) is 1.78. The van der Waals surface area contributed by atoms with E-state index < -0.39 is 23.3 Å². The maximum atomic E-state index is 13.4. The van der Waals surface area contributed by atoms with Gasteiger partial charge in [0, 0.05) is 5.56 Å². The summed E-state index contributed by atoms with van der Waals surface area (Å²) in [6.07, 6.45) is -0.633. The van der Waals surface area contributed by atoms with Crippen molar-refractivity contribution in [3.8, 4) is 0 Å². The van der Waals surface area contributed by atoms with Gasteiger partial charge in [0.05, 0.1) is 17.8 Å². The van der Waals surface area contributed by atoms with Crippen LogP contribution in [0.2, 0.25) is 0 Å². The molecule has 0 aliphatic carbocycles. The Morgan fingerprint density at radius 1 is 1.11 bits per heavy atom. The van der Waals surface area contributed by atoms with Gasteiger partial charge in [-0.15, -0.1) is 0 Å². The maximum Gasteiger partial charge on any atom is 0.190 e. The average molecular weight is 249 g/mol. The lowest BCUT2D eigenvalue weighted by Crippen LogP contribution is -2.41. The molecule has 1 fully saturated rings. The van der Waals surface area contributed by atoms with Gasteiger partial charge >= 0.3 is 0 Å². The average Bonchev–Trinajstić information content (AvgIpc) is 2.47. The highest BCUT2D eigenvalue weighted by Gasteiger charge is 2.49. The van der Waals surface area contributed by atoms with E-state index in [1.807, 2.05) is 27.7 Å². The van der Waals surface area contributed by atoms with Gasteiger partial charge in [-0.05, 0) is 45.9 Å². The summed E-state index contributed by atoms with van der Waals surface area (Å²) in [5.41, 5.74) is -0.149. The van der Waals surface area contributed by atoms with Crippen LogP contribution in [-0.4, -0.2) is 11.2 Å². The standard InChI is InChI=1S/C14H16FNO2/c1-13(2)14(3,4)18-12(17-13)9-6-10(15)8-11(7-9)16-5/h6-8,12H,1-4H3. The molecule has 1 aromatic carbocycles. The van der Waals surface area contributed by atoms with E-state index in [0.29, 0.717) is 5.56 Å². The minimum atomic E-state index is -0.633. The number of hydrogen-bond donors (Lipinski definition) is 0. The van der Waals surface area contributed by atoms with Crippen LogP contribution in [0, 0.1) is 12.4 Å². The first-order valence-electron chi connectivity index (χ1n) is 5.79. The van der Waals surface area contributed by atoms with E-state index in [2.05, 4.69) is 4.85 Å². The highest BCUT2D eigenvalue weighted by Crippen LogP contribution is 2.45. The van der Waals surface area contributed by atoms with Gasteiger partial charge in [-0.2, -0.15) is 0 Å². The summed E-state index contributed by atoms with van der Waals surface area (Å²) in [5.74, 6) is -0.451. The fourth-order valence-corrected chi connectivity index (χ4v) is 1.78. The fraction of sp³-hybridized carbons (Fsp3) is 0.500. The summed E-state index contributed by atoms with van der Waals surface area (Å²) in [6.45, 7) is 14.7. The van der Waals surface area contributed by atoms with Gasteiger partial charge in [0.25, 0.3) is 0 Å². The third-order valence-electron chi connectivity index (χ3n) is 3.56. The Labute approximate surface area is 106 Å². The minimum Gasteiger partial charge on any atom is -0.339 e. The van der Waals surface area contributed by atoms with E-state index in [-0.39, 0.29) is 5.69 Å². The molecule has 0 N–H and O–H groups in total. The lowest BCUT2D eigenvalue weighted by molar-refractivity contribution is -0.0896. The van der Waals surface area contributed by atoms with E-state index in [0.717, 1.165) is 0 Å². The molecule has 0 bridgehead atoms. The van der Waals surface area contributed by atoms with E-state index in [4.69, 9.17) is 16.0 Å². The van der Waals surface area contributed by atoms with Crippen molar-refractivity contribution >= 4 is 5.69 Å². The van der Waals surface area contributed by atoms with Crippen LogP contribution in [0.5, 0.6) is 0 Å². The summed E-state index contributed by atoms with van der Waals surface area (Å²) in [5, 5.41) is 0. The normalized spacial score (nSPS) is 21.8. The van der Waals surface area contributed by atoms with Crippen molar-refractivity contribution < 1.29 is 13.9 Å². The van der Waals surface area contributed by atoms with Gasteiger partial charge in [-0.1, -0.05) is 0 Å². The monoisotopic (exact) mass is 249 g/mol. The van der Waals surface area contributed by atoms with Crippen LogP contribution < -0.4 is 0 Å². The zero-order valence-corrected chi connectivity index (χ0v) is 11.0. The maximum absolute atomic E-state index is 13.4. The van der Waals surface area contributed by atoms with Crippen molar-refractivity contribution in [1.29, 1.82) is 0 Å². The molecular formula is C14H16FNO2. The van der Waals surface area contributed by atoms with Crippen LogP contribution in [-0.2, 0) is 9.47 Å². The number of nitrogens with zero attached hydrogens (tertiary/aromatic N) is 1. The van der Waals surface area contributed by atoms with Crippen molar-refractivity contribution in [2.24, 2.45) is 0 Å². The highest BCUT2D eigenvalue weighted by molar-refractivity contribution is 5.47. The summed E-state index contributed by atoms with van der Waals surface area (Å²) in [6, 6.07) is 4.14. The molecule has 0 spiro atoms. The highest BCUT2D eigenvalue weighted by atomic mass is 19.1. The SMILES string of the molecule is [C-]#[N+]c1cc(F)cc(C2OC(C)(C)C(C)(C)O2)c1. The number of ether oxygens (including phenoxy) is 2. The first-order valence-corrected chi connectivity index (χ1v) is 5.79. The van der Waals surface area contributed by atoms with E-state index in [9.17, 15) is 4.39 Å². The zero-order chi connectivity index (χ0) is 13.6. The van der Waals surface area contributed by atoms with Gasteiger partial charge in [-0.25, -0.2) is 9.24 Å². The predicted octanol–water partition coefficient (Wildman–Crippen LogP) is 3.98. The Morgan fingerprint density at radius 2 is 1.67 bits per heavy atom. The Hall–Kier alpha value is -1.44. The predicted molar refractivity (Wildman–Crippen MR) is 65.7 cm³/mol. The van der Waals surface area contributed by atoms with Crippen LogP contribution in [0.3, 0.4) is 0 Å². The van der Waals surface area contributed by atoms with Gasteiger partial charge in [0.1, 0.15) is 5.82 Å². The lowest BCUT2D eigenvalue weighted by Gasteiger charge is -2.30. The smallest absolute Gasteiger partial charge is 0.190 e. The molecular weight excluding hydrogens is 233 g/mol. The molecule has 4 heteroatoms. The van der Waals surface area contributed by atoms with Crippen LogP contribution in [0.4, 0.5) is 10.1 Å². The Bertz CT molecular complexity index is 501. The first kappa shape index (κ1) is 13.0. The molecule has 0 atom stereocenters. The molecule has 0 amide bonds. The molecule has 2 rings (SSSR count). The molecule has 1 aromatic rings. The molecule has 1 aliphatic rings.